The summed E-state index contributed by atoms with van der Waals surface area (Å²) < 4.78 is 1.46. The number of nitrogens with one attached hydrogen (secondary N) is 3. The predicted molar refractivity (Wildman–Crippen MR) is 93.3 cm³/mol. The Morgan fingerprint density at radius 3 is 2.56 bits per heavy atom. The molecule has 0 aliphatic carbocycles. The summed E-state index contributed by atoms with van der Waals surface area (Å²) in [6.45, 7) is 2.01. The van der Waals surface area contributed by atoms with Crippen molar-refractivity contribution in [1.82, 2.24) is 25.3 Å². The lowest BCUT2D eigenvalue weighted by Crippen LogP contribution is -2.21. The molecule has 8 nitrogen and oxygen atoms in total. The molecule has 0 spiro atoms. The number of benzene rings is 1. The van der Waals surface area contributed by atoms with Crippen LogP contribution >= 0.6 is 0 Å². The number of hydrogen-bond acceptors (Lipinski definition) is 4. The molecule has 2 heterocycles. The minimum atomic E-state index is -0.399. The Balaban J connectivity index is 1.81. The molecule has 0 bridgehead atoms. The molecule has 0 unspecified atom stereocenters. The van der Waals surface area contributed by atoms with Gasteiger partial charge in [0.1, 0.15) is 5.69 Å². The molecule has 0 aliphatic rings. The van der Waals surface area contributed by atoms with Crippen molar-refractivity contribution in [3.05, 3.63) is 53.5 Å². The molecule has 0 aliphatic heterocycles. The van der Waals surface area contributed by atoms with E-state index in [1.807, 2.05) is 31.2 Å². The molecule has 2 amide bonds. The maximum Gasteiger partial charge on any atom is 0.273 e. The van der Waals surface area contributed by atoms with Crippen molar-refractivity contribution in [3.8, 4) is 11.3 Å². The molecule has 0 fully saturated rings. The molecule has 0 saturated carbocycles. The van der Waals surface area contributed by atoms with Crippen LogP contribution in [0.5, 0.6) is 0 Å². The summed E-state index contributed by atoms with van der Waals surface area (Å²) >= 11 is 0. The summed E-state index contributed by atoms with van der Waals surface area (Å²) in [5, 5.41) is 16.1. The van der Waals surface area contributed by atoms with Crippen molar-refractivity contribution >= 4 is 17.5 Å². The van der Waals surface area contributed by atoms with Gasteiger partial charge < -0.3 is 10.6 Å². The lowest BCUT2D eigenvalue weighted by atomic mass is 10.1. The largest absolute Gasteiger partial charge is 0.354 e. The van der Waals surface area contributed by atoms with Crippen molar-refractivity contribution in [1.29, 1.82) is 0 Å². The van der Waals surface area contributed by atoms with E-state index in [4.69, 9.17) is 0 Å². The number of carbonyl (C=O) groups is 2. The average Bonchev–Trinajstić information content (AvgIpc) is 3.22. The van der Waals surface area contributed by atoms with Crippen LogP contribution in [-0.4, -0.2) is 38.8 Å². The maximum atomic E-state index is 12.4. The van der Waals surface area contributed by atoms with E-state index in [1.165, 1.54) is 11.7 Å². The molecule has 128 valence electrons. The van der Waals surface area contributed by atoms with Crippen LogP contribution in [0.3, 0.4) is 0 Å². The molecule has 3 aromatic rings. The van der Waals surface area contributed by atoms with Gasteiger partial charge in [0.15, 0.2) is 5.69 Å². The molecular weight excluding hydrogens is 320 g/mol. The Bertz CT molecular complexity index is 923. The van der Waals surface area contributed by atoms with Crippen LogP contribution in [0.1, 0.15) is 26.5 Å². The highest BCUT2D eigenvalue weighted by Crippen LogP contribution is 2.19. The van der Waals surface area contributed by atoms with E-state index in [9.17, 15) is 9.59 Å². The summed E-state index contributed by atoms with van der Waals surface area (Å²) in [7, 11) is 3.18. The zero-order valence-corrected chi connectivity index (χ0v) is 14.1. The normalized spacial score (nSPS) is 10.5. The van der Waals surface area contributed by atoms with Crippen molar-refractivity contribution in [2.24, 2.45) is 7.05 Å². The van der Waals surface area contributed by atoms with Crippen LogP contribution in [0.15, 0.2) is 36.5 Å². The second kappa shape index (κ2) is 6.60. The topological polar surface area (TPSA) is 105 Å². The zero-order valence-electron chi connectivity index (χ0n) is 14.1. The van der Waals surface area contributed by atoms with Gasteiger partial charge in [0.25, 0.3) is 11.8 Å². The van der Waals surface area contributed by atoms with Crippen LogP contribution in [0.4, 0.5) is 5.69 Å². The zero-order chi connectivity index (χ0) is 18.0. The van der Waals surface area contributed by atoms with Gasteiger partial charge in [-0.05, 0) is 13.0 Å². The first-order valence-corrected chi connectivity index (χ1v) is 7.67. The number of nitrogens with zero attached hydrogens (tertiary/aromatic N) is 3. The smallest absolute Gasteiger partial charge is 0.273 e. The van der Waals surface area contributed by atoms with Crippen molar-refractivity contribution in [2.75, 3.05) is 12.4 Å². The second-order valence-corrected chi connectivity index (χ2v) is 5.63. The third kappa shape index (κ3) is 3.42. The minimum absolute atomic E-state index is 0.150. The van der Waals surface area contributed by atoms with Crippen molar-refractivity contribution in [3.63, 3.8) is 0 Å². The van der Waals surface area contributed by atoms with E-state index in [-0.39, 0.29) is 11.6 Å². The minimum Gasteiger partial charge on any atom is -0.354 e. The summed E-state index contributed by atoms with van der Waals surface area (Å²) in [5.41, 5.74) is 3.50. The Hall–Kier alpha value is -3.42. The third-order valence-corrected chi connectivity index (χ3v) is 3.69. The lowest BCUT2D eigenvalue weighted by Gasteiger charge is -2.02. The van der Waals surface area contributed by atoms with Crippen LogP contribution in [0.25, 0.3) is 11.3 Å². The van der Waals surface area contributed by atoms with Gasteiger partial charge in [-0.15, -0.1) is 0 Å². The molecule has 8 heteroatoms. The standard InChI is InChI=1S/C17H18N6O2/c1-10-4-6-11(7-5-10)12-8-13(21-20-12)16(24)19-14-9-23(3)22-15(14)17(25)18-2/h4-9H,1-3H3,(H,18,25)(H,19,24)(H,20,21). The Labute approximate surface area is 144 Å². The molecule has 0 saturated heterocycles. The number of carbonyl (C=O) groups excluding carboxylic acids is 2. The van der Waals surface area contributed by atoms with Gasteiger partial charge in [0.05, 0.1) is 11.4 Å². The highest BCUT2D eigenvalue weighted by atomic mass is 16.2. The highest BCUT2D eigenvalue weighted by molar-refractivity contribution is 6.07. The Kier molecular flexibility index (Phi) is 4.34. The van der Waals surface area contributed by atoms with E-state index in [1.54, 1.807) is 19.3 Å². The van der Waals surface area contributed by atoms with E-state index in [0.29, 0.717) is 17.1 Å². The number of anilines is 1. The molecule has 25 heavy (non-hydrogen) atoms. The first-order valence-electron chi connectivity index (χ1n) is 7.67. The van der Waals surface area contributed by atoms with Crippen LogP contribution in [0, 0.1) is 6.92 Å². The first kappa shape index (κ1) is 16.4. The Morgan fingerprint density at radius 1 is 1.16 bits per heavy atom. The number of aromatic amines is 1. The summed E-state index contributed by atoms with van der Waals surface area (Å²) in [6, 6.07) is 9.51. The number of amides is 2. The number of hydrogen-bond donors (Lipinski definition) is 3. The predicted octanol–water partition coefficient (Wildman–Crippen LogP) is 1.73. The van der Waals surface area contributed by atoms with E-state index in [2.05, 4.69) is 25.9 Å². The summed E-state index contributed by atoms with van der Waals surface area (Å²) in [4.78, 5) is 24.3. The Morgan fingerprint density at radius 2 is 1.88 bits per heavy atom. The highest BCUT2D eigenvalue weighted by Gasteiger charge is 2.18. The number of H-pyrrole nitrogens is 1. The van der Waals surface area contributed by atoms with E-state index in [0.717, 1.165) is 11.1 Å². The summed E-state index contributed by atoms with van der Waals surface area (Å²) in [5.74, 6) is -0.773. The van der Waals surface area contributed by atoms with Gasteiger partial charge >= 0.3 is 0 Å². The lowest BCUT2D eigenvalue weighted by molar-refractivity contribution is 0.0958. The van der Waals surface area contributed by atoms with Crippen LogP contribution < -0.4 is 10.6 Å². The maximum absolute atomic E-state index is 12.4. The van der Waals surface area contributed by atoms with Gasteiger partial charge in [-0.1, -0.05) is 29.8 Å². The third-order valence-electron chi connectivity index (χ3n) is 3.69. The monoisotopic (exact) mass is 338 g/mol. The quantitative estimate of drug-likeness (QED) is 0.674. The van der Waals surface area contributed by atoms with Crippen molar-refractivity contribution < 1.29 is 9.59 Å². The van der Waals surface area contributed by atoms with Crippen molar-refractivity contribution in [2.45, 2.75) is 6.92 Å². The first-order chi connectivity index (χ1) is 12.0. The molecule has 3 rings (SSSR count). The van der Waals surface area contributed by atoms with E-state index < -0.39 is 5.91 Å². The fraction of sp³-hybridized carbons (Fsp3) is 0.176. The van der Waals surface area contributed by atoms with Crippen LogP contribution in [0.2, 0.25) is 0 Å². The van der Waals surface area contributed by atoms with Gasteiger partial charge in [-0.3, -0.25) is 19.4 Å². The fourth-order valence-electron chi connectivity index (χ4n) is 2.37. The molecule has 1 aromatic carbocycles. The molecule has 0 radical (unpaired) electrons. The molecule has 3 N–H and O–H groups in total. The SMILES string of the molecule is CNC(=O)c1nn(C)cc1NC(=O)c1cc(-c2ccc(C)cc2)n[nH]1. The number of aryl methyl sites for hydroxylation is 2. The molecule has 2 aromatic heterocycles. The number of rotatable bonds is 4. The number of aromatic nitrogens is 4. The van der Waals surface area contributed by atoms with Gasteiger partial charge in [-0.2, -0.15) is 10.2 Å². The van der Waals surface area contributed by atoms with Gasteiger partial charge in [0.2, 0.25) is 0 Å². The molecular formula is C17H18N6O2. The average molecular weight is 338 g/mol. The van der Waals surface area contributed by atoms with E-state index >= 15 is 0 Å². The van der Waals surface area contributed by atoms with Gasteiger partial charge in [0, 0.05) is 25.9 Å². The van der Waals surface area contributed by atoms with Crippen LogP contribution in [-0.2, 0) is 7.05 Å². The molecule has 0 atom stereocenters. The van der Waals surface area contributed by atoms with Gasteiger partial charge in [-0.25, -0.2) is 0 Å². The second-order valence-electron chi connectivity index (χ2n) is 5.63. The summed E-state index contributed by atoms with van der Waals surface area (Å²) in [6.07, 6.45) is 1.57. The fourth-order valence-corrected chi connectivity index (χ4v) is 2.37.